The lowest BCUT2D eigenvalue weighted by Gasteiger charge is -2.32. The van der Waals surface area contributed by atoms with E-state index < -0.39 is 0 Å². The highest BCUT2D eigenvalue weighted by atomic mass is 19.1. The van der Waals surface area contributed by atoms with Crippen molar-refractivity contribution in [2.24, 2.45) is 5.92 Å². The first-order valence-electron chi connectivity index (χ1n) is 11.0. The minimum Gasteiger partial charge on any atom is -0.352 e. The SMILES string of the molecule is O=C(CCC1CCN(C(=O)c2ccccc2-c2ncc[nH]2)CC1)NCc1ccc(F)cc1. The van der Waals surface area contributed by atoms with Crippen LogP contribution in [0.25, 0.3) is 11.4 Å². The third-order valence-corrected chi connectivity index (χ3v) is 6.00. The number of imidazole rings is 1. The second-order valence-electron chi connectivity index (χ2n) is 8.16. The number of carbonyl (C=O) groups is 2. The molecule has 4 rings (SSSR count). The van der Waals surface area contributed by atoms with Gasteiger partial charge in [-0.15, -0.1) is 0 Å². The molecule has 166 valence electrons. The summed E-state index contributed by atoms with van der Waals surface area (Å²) < 4.78 is 13.0. The minimum absolute atomic E-state index is 0.000191. The van der Waals surface area contributed by atoms with E-state index in [1.165, 1.54) is 12.1 Å². The Labute approximate surface area is 186 Å². The predicted octanol–water partition coefficient (Wildman–Crippen LogP) is 4.16. The quantitative estimate of drug-likeness (QED) is 0.586. The van der Waals surface area contributed by atoms with Gasteiger partial charge in [0.25, 0.3) is 5.91 Å². The van der Waals surface area contributed by atoms with Gasteiger partial charge in [-0.25, -0.2) is 9.37 Å². The Kier molecular flexibility index (Phi) is 6.94. The van der Waals surface area contributed by atoms with Gasteiger partial charge >= 0.3 is 0 Å². The Balaban J connectivity index is 1.24. The average molecular weight is 435 g/mol. The van der Waals surface area contributed by atoms with Crippen LogP contribution in [0.3, 0.4) is 0 Å². The maximum absolute atomic E-state index is 13.1. The van der Waals surface area contributed by atoms with E-state index in [2.05, 4.69) is 15.3 Å². The Morgan fingerprint density at radius 3 is 2.56 bits per heavy atom. The van der Waals surface area contributed by atoms with Crippen LogP contribution in [0, 0.1) is 11.7 Å². The van der Waals surface area contributed by atoms with E-state index in [0.29, 0.717) is 43.4 Å². The van der Waals surface area contributed by atoms with Crippen molar-refractivity contribution in [1.82, 2.24) is 20.2 Å². The third-order valence-electron chi connectivity index (χ3n) is 6.00. The Bertz CT molecular complexity index is 1040. The van der Waals surface area contributed by atoms with Crippen LogP contribution >= 0.6 is 0 Å². The molecule has 2 heterocycles. The molecule has 1 fully saturated rings. The van der Waals surface area contributed by atoms with Crippen molar-refractivity contribution in [2.75, 3.05) is 13.1 Å². The van der Waals surface area contributed by atoms with Gasteiger partial charge in [0.15, 0.2) is 0 Å². The maximum atomic E-state index is 13.1. The number of halogens is 1. The molecule has 0 atom stereocenters. The predicted molar refractivity (Wildman–Crippen MR) is 120 cm³/mol. The topological polar surface area (TPSA) is 78.1 Å². The Morgan fingerprint density at radius 2 is 1.84 bits per heavy atom. The van der Waals surface area contributed by atoms with Gasteiger partial charge in [0.1, 0.15) is 11.6 Å². The van der Waals surface area contributed by atoms with Gasteiger partial charge in [0.05, 0.1) is 5.56 Å². The Hall–Kier alpha value is -3.48. The summed E-state index contributed by atoms with van der Waals surface area (Å²) in [5, 5.41) is 2.89. The van der Waals surface area contributed by atoms with E-state index in [1.807, 2.05) is 29.2 Å². The van der Waals surface area contributed by atoms with Gasteiger partial charge in [0, 0.05) is 44.0 Å². The highest BCUT2D eigenvalue weighted by molar-refractivity contribution is 6.00. The number of nitrogens with zero attached hydrogens (tertiary/aromatic N) is 2. The van der Waals surface area contributed by atoms with Crippen molar-refractivity contribution < 1.29 is 14.0 Å². The molecular formula is C25H27FN4O2. The monoisotopic (exact) mass is 434 g/mol. The fraction of sp³-hybridized carbons (Fsp3) is 0.320. The molecule has 2 aromatic carbocycles. The fourth-order valence-electron chi connectivity index (χ4n) is 4.11. The molecule has 0 saturated carbocycles. The lowest BCUT2D eigenvalue weighted by atomic mass is 9.91. The number of aromatic nitrogens is 2. The van der Waals surface area contributed by atoms with Crippen molar-refractivity contribution >= 4 is 11.8 Å². The van der Waals surface area contributed by atoms with Crippen LogP contribution in [-0.2, 0) is 11.3 Å². The standard InChI is InChI=1S/C25H27FN4O2/c26-20-8-5-19(6-9-20)17-29-23(31)10-7-18-11-15-30(16-12-18)25(32)22-4-2-1-3-21(22)24-27-13-14-28-24/h1-6,8-9,13-14,18H,7,10-12,15-17H2,(H,27,28)(H,29,31). The van der Waals surface area contributed by atoms with Crippen molar-refractivity contribution in [3.63, 3.8) is 0 Å². The molecule has 6 nitrogen and oxygen atoms in total. The number of piperidine rings is 1. The van der Waals surface area contributed by atoms with E-state index in [1.54, 1.807) is 24.5 Å². The van der Waals surface area contributed by atoms with Gasteiger partial charge in [-0.3, -0.25) is 9.59 Å². The molecular weight excluding hydrogens is 407 g/mol. The molecule has 32 heavy (non-hydrogen) atoms. The largest absolute Gasteiger partial charge is 0.352 e. The fourth-order valence-corrected chi connectivity index (χ4v) is 4.11. The number of nitrogens with one attached hydrogen (secondary N) is 2. The number of amides is 2. The van der Waals surface area contributed by atoms with E-state index >= 15 is 0 Å². The van der Waals surface area contributed by atoms with Crippen molar-refractivity contribution in [1.29, 1.82) is 0 Å². The number of hydrogen-bond donors (Lipinski definition) is 2. The zero-order valence-corrected chi connectivity index (χ0v) is 17.9. The molecule has 1 aliphatic heterocycles. The Morgan fingerprint density at radius 1 is 1.09 bits per heavy atom. The number of benzene rings is 2. The van der Waals surface area contributed by atoms with Gasteiger partial charge in [-0.1, -0.05) is 30.3 Å². The van der Waals surface area contributed by atoms with E-state index in [9.17, 15) is 14.0 Å². The first kappa shape index (κ1) is 21.7. The van der Waals surface area contributed by atoms with E-state index in [4.69, 9.17) is 0 Å². The van der Waals surface area contributed by atoms with Gasteiger partial charge in [-0.05, 0) is 48.9 Å². The minimum atomic E-state index is -0.283. The van der Waals surface area contributed by atoms with Crippen LogP contribution in [0.2, 0.25) is 0 Å². The summed E-state index contributed by atoms with van der Waals surface area (Å²) in [6.45, 7) is 1.78. The van der Waals surface area contributed by atoms with Gasteiger partial charge in [-0.2, -0.15) is 0 Å². The summed E-state index contributed by atoms with van der Waals surface area (Å²) in [7, 11) is 0. The zero-order valence-electron chi connectivity index (χ0n) is 17.9. The summed E-state index contributed by atoms with van der Waals surface area (Å²) in [5.74, 6) is 0.855. The summed E-state index contributed by atoms with van der Waals surface area (Å²) in [6, 6.07) is 13.7. The summed E-state index contributed by atoms with van der Waals surface area (Å²) in [5.41, 5.74) is 2.34. The van der Waals surface area contributed by atoms with Crippen molar-refractivity contribution in [3.05, 3.63) is 77.9 Å². The summed E-state index contributed by atoms with van der Waals surface area (Å²) in [6.07, 6.45) is 6.47. The number of H-pyrrole nitrogens is 1. The molecule has 2 N–H and O–H groups in total. The molecule has 1 aliphatic rings. The summed E-state index contributed by atoms with van der Waals surface area (Å²) >= 11 is 0. The van der Waals surface area contributed by atoms with Crippen LogP contribution < -0.4 is 5.32 Å². The highest BCUT2D eigenvalue weighted by Crippen LogP contribution is 2.26. The second-order valence-corrected chi connectivity index (χ2v) is 8.16. The first-order valence-corrected chi connectivity index (χ1v) is 11.0. The lowest BCUT2D eigenvalue weighted by molar-refractivity contribution is -0.121. The van der Waals surface area contributed by atoms with E-state index in [-0.39, 0.29) is 17.6 Å². The normalized spacial score (nSPS) is 14.3. The molecule has 0 spiro atoms. The van der Waals surface area contributed by atoms with Crippen molar-refractivity contribution in [3.8, 4) is 11.4 Å². The number of aromatic amines is 1. The molecule has 0 unspecified atom stereocenters. The molecule has 0 radical (unpaired) electrons. The van der Waals surface area contributed by atoms with Crippen LogP contribution in [0.1, 0.15) is 41.6 Å². The molecule has 1 aromatic heterocycles. The molecule has 7 heteroatoms. The van der Waals surface area contributed by atoms with Gasteiger partial charge in [0.2, 0.25) is 5.91 Å². The molecule has 0 aliphatic carbocycles. The second kappa shape index (κ2) is 10.2. The highest BCUT2D eigenvalue weighted by Gasteiger charge is 2.25. The van der Waals surface area contributed by atoms with E-state index in [0.717, 1.165) is 30.4 Å². The smallest absolute Gasteiger partial charge is 0.254 e. The third kappa shape index (κ3) is 5.41. The van der Waals surface area contributed by atoms with Crippen LogP contribution in [0.5, 0.6) is 0 Å². The zero-order chi connectivity index (χ0) is 22.3. The molecule has 0 bridgehead atoms. The molecule has 3 aromatic rings. The van der Waals surface area contributed by atoms with Crippen LogP contribution in [0.4, 0.5) is 4.39 Å². The number of hydrogen-bond acceptors (Lipinski definition) is 3. The molecule has 2 amide bonds. The average Bonchev–Trinajstić information content (AvgIpc) is 3.37. The first-order chi connectivity index (χ1) is 15.6. The molecule has 1 saturated heterocycles. The lowest BCUT2D eigenvalue weighted by Crippen LogP contribution is -2.39. The van der Waals surface area contributed by atoms with Crippen molar-refractivity contribution in [2.45, 2.75) is 32.2 Å². The number of carbonyl (C=O) groups excluding carboxylic acids is 2. The summed E-state index contributed by atoms with van der Waals surface area (Å²) in [4.78, 5) is 34.6. The van der Waals surface area contributed by atoms with Crippen LogP contribution in [0.15, 0.2) is 60.9 Å². The van der Waals surface area contributed by atoms with Crippen LogP contribution in [-0.4, -0.2) is 39.8 Å². The number of rotatable bonds is 7. The maximum Gasteiger partial charge on any atom is 0.254 e. The van der Waals surface area contributed by atoms with Gasteiger partial charge < -0.3 is 15.2 Å². The number of likely N-dealkylation sites (tertiary alicyclic amines) is 1.